The van der Waals surface area contributed by atoms with Gasteiger partial charge in [0, 0.05) is 49.9 Å². The Morgan fingerprint density at radius 3 is 1.92 bits per heavy atom. The van der Waals surface area contributed by atoms with Gasteiger partial charge in [-0.1, -0.05) is 153 Å². The lowest BCUT2D eigenvalue weighted by atomic mass is 9.82. The van der Waals surface area contributed by atoms with Crippen LogP contribution in [0.2, 0.25) is 0 Å². The first-order valence-electron chi connectivity index (χ1n) is 21.8. The van der Waals surface area contributed by atoms with Gasteiger partial charge in [0.2, 0.25) is 0 Å². The number of aromatic nitrogens is 1. The fourth-order valence-corrected chi connectivity index (χ4v) is 10.2. The smallest absolute Gasteiger partial charge is 0.156 e. The summed E-state index contributed by atoms with van der Waals surface area (Å²) in [5, 5.41) is 9.07. The lowest BCUT2D eigenvalue weighted by Gasteiger charge is -2.30. The molecule has 298 valence electrons. The molecule has 63 heavy (non-hydrogen) atoms. The van der Waals surface area contributed by atoms with Crippen LogP contribution in [0.4, 0.5) is 0 Å². The van der Waals surface area contributed by atoms with Crippen molar-refractivity contribution in [2.45, 2.75) is 19.4 Å². The molecule has 0 saturated carbocycles. The van der Waals surface area contributed by atoms with Gasteiger partial charge >= 0.3 is 0 Å². The number of aliphatic imine (C=N–C) groups is 2. The van der Waals surface area contributed by atoms with Gasteiger partial charge in [0.25, 0.3) is 0 Å². The summed E-state index contributed by atoms with van der Waals surface area (Å²) in [5.74, 6) is 0.685. The highest BCUT2D eigenvalue weighted by molar-refractivity contribution is 6.23. The van der Waals surface area contributed by atoms with Gasteiger partial charge < -0.3 is 13.4 Å². The summed E-state index contributed by atoms with van der Waals surface area (Å²) in [6.45, 7) is 2.25. The normalized spacial score (nSPS) is 15.6. The summed E-state index contributed by atoms with van der Waals surface area (Å²) >= 11 is 0. The number of rotatable bonds is 6. The summed E-state index contributed by atoms with van der Waals surface area (Å²) in [5.41, 5.74) is 13.1. The van der Waals surface area contributed by atoms with Gasteiger partial charge in [0.05, 0.1) is 28.5 Å². The van der Waals surface area contributed by atoms with E-state index in [0.29, 0.717) is 5.84 Å². The number of furan rings is 2. The fourth-order valence-electron chi connectivity index (χ4n) is 10.2. The summed E-state index contributed by atoms with van der Waals surface area (Å²) in [6, 6.07) is 68.8. The van der Waals surface area contributed by atoms with Crippen LogP contribution in [-0.2, 0) is 0 Å². The molecule has 1 aliphatic heterocycles. The van der Waals surface area contributed by atoms with Gasteiger partial charge in [-0.2, -0.15) is 0 Å². The minimum Gasteiger partial charge on any atom is -0.456 e. The third kappa shape index (κ3) is 5.63. The summed E-state index contributed by atoms with van der Waals surface area (Å²) in [4.78, 5) is 11.4. The van der Waals surface area contributed by atoms with Crippen LogP contribution in [0.5, 0.6) is 0 Å². The van der Waals surface area contributed by atoms with Crippen molar-refractivity contribution in [2.24, 2.45) is 15.9 Å². The van der Waals surface area contributed by atoms with Crippen molar-refractivity contribution in [3.63, 3.8) is 0 Å². The van der Waals surface area contributed by atoms with Gasteiger partial charge in [0.1, 0.15) is 22.3 Å². The van der Waals surface area contributed by atoms with Crippen LogP contribution in [0.25, 0.3) is 93.3 Å². The first-order valence-corrected chi connectivity index (χ1v) is 21.8. The zero-order valence-corrected chi connectivity index (χ0v) is 34.5. The predicted molar refractivity (Wildman–Crippen MR) is 261 cm³/mol. The molecule has 4 heterocycles. The Balaban J connectivity index is 1.08. The molecule has 0 saturated heterocycles. The first kappa shape index (κ1) is 35.7. The van der Waals surface area contributed by atoms with Crippen LogP contribution in [0.1, 0.15) is 36.1 Å². The average Bonchev–Trinajstić information content (AvgIpc) is 4.02. The molecule has 0 spiro atoms. The van der Waals surface area contributed by atoms with E-state index < -0.39 is 0 Å². The van der Waals surface area contributed by atoms with Gasteiger partial charge in [-0.3, -0.25) is 4.99 Å². The van der Waals surface area contributed by atoms with E-state index in [4.69, 9.17) is 18.8 Å². The van der Waals surface area contributed by atoms with Crippen LogP contribution in [0.15, 0.2) is 213 Å². The zero-order valence-electron chi connectivity index (χ0n) is 34.5. The molecular formula is C58H39N3O2. The minimum absolute atomic E-state index is 0.00328. The molecule has 0 N–H and O–H groups in total. The Kier molecular flexibility index (Phi) is 7.94. The Morgan fingerprint density at radius 2 is 1.11 bits per heavy atom. The van der Waals surface area contributed by atoms with Crippen molar-refractivity contribution >= 4 is 88.0 Å². The van der Waals surface area contributed by atoms with E-state index >= 15 is 0 Å². The lowest BCUT2D eigenvalue weighted by molar-refractivity contribution is 0.532. The van der Waals surface area contributed by atoms with Crippen LogP contribution in [-0.4, -0.2) is 16.1 Å². The minimum atomic E-state index is -0.236. The molecule has 1 aliphatic rings. The molecule has 13 rings (SSSR count). The van der Waals surface area contributed by atoms with E-state index in [9.17, 15) is 0 Å². The van der Waals surface area contributed by atoms with Gasteiger partial charge in [-0.05, 0) is 81.9 Å². The van der Waals surface area contributed by atoms with Gasteiger partial charge in [-0.25, -0.2) is 4.99 Å². The fraction of sp³-hybridized carbons (Fsp3) is 0.0690. The Bertz CT molecular complexity index is 3850. The molecular weight excluding hydrogens is 771 g/mol. The van der Waals surface area contributed by atoms with Crippen molar-refractivity contribution in [2.75, 3.05) is 0 Å². The summed E-state index contributed by atoms with van der Waals surface area (Å²) in [7, 11) is 0. The van der Waals surface area contributed by atoms with Gasteiger partial charge in [0.15, 0.2) is 5.84 Å². The maximum Gasteiger partial charge on any atom is 0.156 e. The van der Waals surface area contributed by atoms with E-state index in [1.807, 2.05) is 18.2 Å². The number of benzene rings is 9. The molecule has 3 aromatic heterocycles. The third-order valence-electron chi connectivity index (χ3n) is 13.2. The predicted octanol–water partition coefficient (Wildman–Crippen LogP) is 15.4. The van der Waals surface area contributed by atoms with E-state index in [2.05, 4.69) is 187 Å². The lowest BCUT2D eigenvalue weighted by Crippen LogP contribution is -2.28. The number of para-hydroxylation sites is 3. The highest BCUT2D eigenvalue weighted by Crippen LogP contribution is 2.43. The zero-order chi connectivity index (χ0) is 41.6. The molecule has 0 radical (unpaired) electrons. The van der Waals surface area contributed by atoms with Crippen molar-refractivity contribution in [3.8, 4) is 16.8 Å². The van der Waals surface area contributed by atoms with E-state index in [-0.39, 0.29) is 12.0 Å². The second-order valence-electron chi connectivity index (χ2n) is 16.7. The molecule has 5 heteroatoms. The standard InChI is InChI=1S/C58H39N3O2/c1-2-42-56(37-26-24-36(25-27-37)35-14-4-3-5-15-35)59-58(60-57(42)40-28-29-45-44-19-9-12-22-51(44)62-53(45)32-40)48-33-41(34-54-55(48)46-20-10-13-23-52(46)63-54)61-49-21-11-8-18-43(49)47-30-38-16-6-7-17-39(38)31-50(47)61/h3-34,42,57H,2H2,1H3. The summed E-state index contributed by atoms with van der Waals surface area (Å²) < 4.78 is 15.7. The second kappa shape index (κ2) is 14.0. The van der Waals surface area contributed by atoms with Crippen molar-refractivity contribution < 1.29 is 8.83 Å². The summed E-state index contributed by atoms with van der Waals surface area (Å²) in [6.07, 6.45) is 0.846. The van der Waals surface area contributed by atoms with Crippen LogP contribution < -0.4 is 0 Å². The SMILES string of the molecule is CCC1C(c2ccc(-c3ccccc3)cc2)=NC(c2cc(-n3c4ccccc4c4cc5ccccc5cc43)cc3oc4ccccc4c23)=NC1c1ccc2c(c1)oc1ccccc12. The monoisotopic (exact) mass is 809 g/mol. The van der Waals surface area contributed by atoms with Crippen molar-refractivity contribution in [1.29, 1.82) is 0 Å². The maximum absolute atomic E-state index is 6.79. The largest absolute Gasteiger partial charge is 0.456 e. The molecule has 0 bridgehead atoms. The Hall–Kier alpha value is -8.02. The van der Waals surface area contributed by atoms with Crippen LogP contribution >= 0.6 is 0 Å². The molecule has 0 aliphatic carbocycles. The van der Waals surface area contributed by atoms with Crippen molar-refractivity contribution in [1.82, 2.24) is 4.57 Å². The quantitative estimate of drug-likeness (QED) is 0.168. The molecule has 5 nitrogen and oxygen atoms in total. The third-order valence-corrected chi connectivity index (χ3v) is 13.2. The number of hydrogen-bond acceptors (Lipinski definition) is 4. The molecule has 0 amide bonds. The molecule has 2 atom stereocenters. The Morgan fingerprint density at radius 1 is 0.476 bits per heavy atom. The van der Waals surface area contributed by atoms with E-state index in [1.165, 1.54) is 32.7 Å². The molecule has 2 unspecified atom stereocenters. The van der Waals surface area contributed by atoms with Crippen LogP contribution in [0.3, 0.4) is 0 Å². The number of fused-ring (bicyclic) bond motifs is 10. The van der Waals surface area contributed by atoms with Crippen LogP contribution in [0, 0.1) is 5.92 Å². The number of hydrogen-bond donors (Lipinski definition) is 0. The molecule has 12 aromatic rings. The maximum atomic E-state index is 6.79. The van der Waals surface area contributed by atoms with Gasteiger partial charge in [-0.15, -0.1) is 0 Å². The highest BCUT2D eigenvalue weighted by atomic mass is 16.3. The van der Waals surface area contributed by atoms with Crippen molar-refractivity contribution in [3.05, 3.63) is 211 Å². The van der Waals surface area contributed by atoms with E-state index in [1.54, 1.807) is 0 Å². The molecule has 0 fully saturated rings. The number of nitrogens with zero attached hydrogens (tertiary/aromatic N) is 3. The molecule has 9 aromatic carbocycles. The topological polar surface area (TPSA) is 55.9 Å². The first-order chi connectivity index (χ1) is 31.2. The number of amidine groups is 1. The Labute approximate surface area is 362 Å². The average molecular weight is 810 g/mol. The second-order valence-corrected chi connectivity index (χ2v) is 16.7. The van der Waals surface area contributed by atoms with E-state index in [0.717, 1.165) is 89.4 Å². The highest BCUT2D eigenvalue weighted by Gasteiger charge is 2.33.